The zero-order valence-corrected chi connectivity index (χ0v) is 30.4. The summed E-state index contributed by atoms with van der Waals surface area (Å²) in [5, 5.41) is 8.10. The molecule has 5 aliphatic rings. The van der Waals surface area contributed by atoms with Crippen LogP contribution in [0.5, 0.6) is 17.4 Å². The van der Waals surface area contributed by atoms with Gasteiger partial charge in [-0.1, -0.05) is 0 Å². The normalized spacial score (nSPS) is 21.4. The summed E-state index contributed by atoms with van der Waals surface area (Å²) in [6.45, 7) is 12.9. The van der Waals surface area contributed by atoms with Crippen LogP contribution in [0.25, 0.3) is 0 Å². The summed E-state index contributed by atoms with van der Waals surface area (Å²) in [7, 11) is 0. The van der Waals surface area contributed by atoms with Crippen LogP contribution in [0.1, 0.15) is 67.6 Å². The second-order valence-corrected chi connectivity index (χ2v) is 15.7. The SMILES string of the molecule is CC(C)N(C(=O)c1cc(F)ccc1Oc1nncnc1N1CCC(Oc2ccnc3c2CN(CCCN2CC4(COC4)C2)CC3)CC1)C1CC(F)(F)C1. The monoisotopic (exact) mass is 736 g/mol. The first-order chi connectivity index (χ1) is 25.5. The number of aromatic nitrogens is 4. The quantitative estimate of drug-likeness (QED) is 0.252. The van der Waals surface area contributed by atoms with Crippen LogP contribution in [0, 0.1) is 11.2 Å². The number of carbonyl (C=O) groups excluding carboxylic acids is 1. The first kappa shape index (κ1) is 35.9. The number of fused-ring (bicyclic) bond motifs is 1. The number of amides is 1. The first-order valence-corrected chi connectivity index (χ1v) is 18.8. The lowest BCUT2D eigenvalue weighted by Crippen LogP contribution is -2.65. The number of benzene rings is 1. The molecule has 1 saturated carbocycles. The molecule has 3 saturated heterocycles. The first-order valence-electron chi connectivity index (χ1n) is 18.8. The van der Waals surface area contributed by atoms with Crippen molar-refractivity contribution in [2.24, 2.45) is 5.41 Å². The standard InChI is InChI=1S/C38H47F3N8O4/c1-25(2)49(27-17-38(40,41)18-27)36(50)29-16-26(39)4-5-32(29)53-35-34(43-24-44-45-35)48-14-7-28(8-15-48)52-33-6-10-42-31-9-13-46(19-30(31)33)11-3-12-47-20-37(21-47)22-51-23-37/h4-6,10,16,24-25,27-28H,3,7-9,11-15,17-23H2,1-2H3. The molecule has 2 aromatic heterocycles. The highest BCUT2D eigenvalue weighted by Gasteiger charge is 2.50. The number of piperidine rings is 1. The Hall–Kier alpha value is -4.08. The molecule has 0 N–H and O–H groups in total. The van der Waals surface area contributed by atoms with E-state index in [-0.39, 0.29) is 29.3 Å². The number of hydrogen-bond acceptors (Lipinski definition) is 11. The number of carbonyl (C=O) groups is 1. The van der Waals surface area contributed by atoms with Gasteiger partial charge in [0, 0.05) is 106 Å². The van der Waals surface area contributed by atoms with E-state index >= 15 is 0 Å². The summed E-state index contributed by atoms with van der Waals surface area (Å²) in [4.78, 5) is 31.4. The molecule has 0 atom stereocenters. The van der Waals surface area contributed by atoms with Crippen LogP contribution in [0.15, 0.2) is 36.8 Å². The van der Waals surface area contributed by atoms with Gasteiger partial charge in [0.1, 0.15) is 29.7 Å². The van der Waals surface area contributed by atoms with Crippen molar-refractivity contribution in [1.82, 2.24) is 34.9 Å². The van der Waals surface area contributed by atoms with E-state index in [1.54, 1.807) is 13.8 Å². The van der Waals surface area contributed by atoms with E-state index in [1.165, 1.54) is 42.0 Å². The Bertz CT molecular complexity index is 1790. The number of rotatable bonds is 12. The average molecular weight is 737 g/mol. The maximum absolute atomic E-state index is 14.5. The summed E-state index contributed by atoms with van der Waals surface area (Å²) in [5.74, 6) is -2.61. The lowest BCUT2D eigenvalue weighted by molar-refractivity contribution is -0.188. The Labute approximate surface area is 307 Å². The molecule has 4 aliphatic heterocycles. The minimum absolute atomic E-state index is 0.0104. The summed E-state index contributed by atoms with van der Waals surface area (Å²) in [6, 6.07) is 4.54. The van der Waals surface area contributed by atoms with Crippen LogP contribution in [0.2, 0.25) is 0 Å². The summed E-state index contributed by atoms with van der Waals surface area (Å²) in [5.41, 5.74) is 2.66. The minimum atomic E-state index is -2.82. The predicted octanol–water partition coefficient (Wildman–Crippen LogP) is 4.97. The third-order valence-electron chi connectivity index (χ3n) is 11.3. The predicted molar refractivity (Wildman–Crippen MR) is 189 cm³/mol. The van der Waals surface area contributed by atoms with Gasteiger partial charge in [-0.15, -0.1) is 10.2 Å². The molecule has 0 radical (unpaired) electrons. The van der Waals surface area contributed by atoms with Crippen molar-refractivity contribution in [2.75, 3.05) is 63.9 Å². The Balaban J connectivity index is 0.887. The fraction of sp³-hybridized carbons (Fsp3) is 0.605. The second-order valence-electron chi connectivity index (χ2n) is 15.7. The van der Waals surface area contributed by atoms with Crippen LogP contribution < -0.4 is 14.4 Å². The second kappa shape index (κ2) is 14.6. The van der Waals surface area contributed by atoms with Crippen molar-refractivity contribution >= 4 is 11.7 Å². The number of anilines is 1. The van der Waals surface area contributed by atoms with Gasteiger partial charge in [0.05, 0.1) is 18.8 Å². The van der Waals surface area contributed by atoms with E-state index in [2.05, 4.69) is 30.0 Å². The van der Waals surface area contributed by atoms with Crippen molar-refractivity contribution in [3.05, 3.63) is 59.4 Å². The molecule has 1 aromatic carbocycles. The van der Waals surface area contributed by atoms with Crippen LogP contribution in [0.3, 0.4) is 0 Å². The molecule has 1 amide bonds. The van der Waals surface area contributed by atoms with Crippen LogP contribution in [0.4, 0.5) is 19.0 Å². The van der Waals surface area contributed by atoms with E-state index in [1.807, 2.05) is 17.2 Å². The molecule has 3 aromatic rings. The molecule has 0 bridgehead atoms. The Kier molecular flexibility index (Phi) is 9.92. The Morgan fingerprint density at radius 1 is 1.04 bits per heavy atom. The van der Waals surface area contributed by atoms with E-state index in [0.717, 1.165) is 82.6 Å². The van der Waals surface area contributed by atoms with Gasteiger partial charge in [-0.05, 0) is 57.6 Å². The molecule has 8 rings (SSSR count). The van der Waals surface area contributed by atoms with E-state index < -0.39 is 36.5 Å². The highest BCUT2D eigenvalue weighted by Crippen LogP contribution is 2.43. The van der Waals surface area contributed by atoms with Crippen molar-refractivity contribution in [3.8, 4) is 17.4 Å². The van der Waals surface area contributed by atoms with Gasteiger partial charge in [-0.3, -0.25) is 14.7 Å². The maximum Gasteiger partial charge on any atom is 0.282 e. The molecule has 1 spiro atoms. The third kappa shape index (κ3) is 7.65. The average Bonchev–Trinajstić information content (AvgIpc) is 3.09. The van der Waals surface area contributed by atoms with Crippen LogP contribution in [-0.4, -0.2) is 124 Å². The van der Waals surface area contributed by atoms with Gasteiger partial charge >= 0.3 is 0 Å². The number of halogens is 3. The molecule has 4 fully saturated rings. The molecular formula is C38H47F3N8O4. The van der Waals surface area contributed by atoms with Gasteiger partial charge in [0.2, 0.25) is 0 Å². The highest BCUT2D eigenvalue weighted by atomic mass is 19.3. The zero-order valence-electron chi connectivity index (χ0n) is 30.4. The highest BCUT2D eigenvalue weighted by molar-refractivity contribution is 5.97. The van der Waals surface area contributed by atoms with Gasteiger partial charge in [-0.25, -0.2) is 18.2 Å². The van der Waals surface area contributed by atoms with Crippen LogP contribution >= 0.6 is 0 Å². The van der Waals surface area contributed by atoms with E-state index in [0.29, 0.717) is 24.3 Å². The minimum Gasteiger partial charge on any atom is -0.490 e. The number of likely N-dealkylation sites (tertiary alicyclic amines) is 1. The van der Waals surface area contributed by atoms with E-state index in [4.69, 9.17) is 14.2 Å². The number of alkyl halides is 2. The number of hydrogen-bond donors (Lipinski definition) is 0. The van der Waals surface area contributed by atoms with Gasteiger partial charge < -0.3 is 28.9 Å². The van der Waals surface area contributed by atoms with Crippen LogP contribution in [-0.2, 0) is 17.7 Å². The smallest absolute Gasteiger partial charge is 0.282 e. The lowest BCUT2D eigenvalue weighted by atomic mass is 9.78. The number of ether oxygens (including phenoxy) is 3. The van der Waals surface area contributed by atoms with Gasteiger partial charge in [0.25, 0.3) is 17.7 Å². The maximum atomic E-state index is 14.5. The summed E-state index contributed by atoms with van der Waals surface area (Å²) >= 11 is 0. The van der Waals surface area contributed by atoms with Crippen molar-refractivity contribution in [1.29, 1.82) is 0 Å². The fourth-order valence-electron chi connectivity index (χ4n) is 8.48. The zero-order chi connectivity index (χ0) is 36.7. The molecule has 0 unspecified atom stereocenters. The molecule has 15 heteroatoms. The number of pyridine rings is 1. The molecule has 1 aliphatic carbocycles. The number of nitrogens with zero attached hydrogens (tertiary/aromatic N) is 8. The third-order valence-corrected chi connectivity index (χ3v) is 11.3. The lowest BCUT2D eigenvalue weighted by Gasteiger charge is -2.55. The van der Waals surface area contributed by atoms with Gasteiger partial charge in [-0.2, -0.15) is 0 Å². The molecule has 6 heterocycles. The molecular weight excluding hydrogens is 689 g/mol. The summed E-state index contributed by atoms with van der Waals surface area (Å²) < 4.78 is 60.3. The summed E-state index contributed by atoms with van der Waals surface area (Å²) in [6.07, 6.45) is 5.80. The Morgan fingerprint density at radius 2 is 1.81 bits per heavy atom. The topological polar surface area (TPSA) is 109 Å². The van der Waals surface area contributed by atoms with E-state index in [9.17, 15) is 18.0 Å². The molecule has 284 valence electrons. The Morgan fingerprint density at radius 3 is 2.53 bits per heavy atom. The van der Waals surface area contributed by atoms with Crippen molar-refractivity contribution in [2.45, 2.75) is 83.0 Å². The van der Waals surface area contributed by atoms with Crippen molar-refractivity contribution in [3.63, 3.8) is 0 Å². The fourth-order valence-corrected chi connectivity index (χ4v) is 8.48. The molecule has 53 heavy (non-hydrogen) atoms. The van der Waals surface area contributed by atoms with Crippen molar-refractivity contribution < 1.29 is 32.2 Å². The molecule has 12 nitrogen and oxygen atoms in total. The van der Waals surface area contributed by atoms with Gasteiger partial charge in [0.15, 0.2) is 5.82 Å². The largest absolute Gasteiger partial charge is 0.490 e.